The summed E-state index contributed by atoms with van der Waals surface area (Å²) in [6.45, 7) is 5.96. The van der Waals surface area contributed by atoms with Crippen LogP contribution >= 0.6 is 0 Å². The largest absolute Gasteiger partial charge is 0.505 e. The van der Waals surface area contributed by atoms with Crippen molar-refractivity contribution in [2.24, 2.45) is 5.41 Å². The molecule has 3 N–H and O–H groups in total. The standard InChI is InChI=1S/C13H20N2O3/c1-13(2,3)11(5-7-16)15-12(18)9-4-6-14-8-10(9)17/h4,6,8,11,16-17H,5,7H2,1-3H3,(H,15,18). The molecule has 1 amide bonds. The SMILES string of the molecule is CC(C)(C)C(CCO)NC(=O)c1ccncc1O. The predicted molar refractivity (Wildman–Crippen MR) is 68.3 cm³/mol. The number of aliphatic hydroxyl groups is 1. The van der Waals surface area contributed by atoms with Crippen LogP contribution in [0.15, 0.2) is 18.5 Å². The number of amides is 1. The molecule has 100 valence electrons. The van der Waals surface area contributed by atoms with Gasteiger partial charge in [0, 0.05) is 18.8 Å². The van der Waals surface area contributed by atoms with Gasteiger partial charge in [0.15, 0.2) is 0 Å². The van der Waals surface area contributed by atoms with Gasteiger partial charge in [0.1, 0.15) is 5.75 Å². The van der Waals surface area contributed by atoms with Crippen LogP contribution < -0.4 is 5.32 Å². The summed E-state index contributed by atoms with van der Waals surface area (Å²) in [4.78, 5) is 15.7. The lowest BCUT2D eigenvalue weighted by Gasteiger charge is -2.31. The summed E-state index contributed by atoms with van der Waals surface area (Å²) >= 11 is 0. The molecule has 1 aromatic heterocycles. The zero-order valence-electron chi connectivity index (χ0n) is 11.0. The maximum absolute atomic E-state index is 12.0. The van der Waals surface area contributed by atoms with Crippen molar-refractivity contribution >= 4 is 5.91 Å². The van der Waals surface area contributed by atoms with Crippen molar-refractivity contribution < 1.29 is 15.0 Å². The Bertz CT molecular complexity index is 413. The minimum Gasteiger partial charge on any atom is -0.505 e. The molecule has 0 aromatic carbocycles. The summed E-state index contributed by atoms with van der Waals surface area (Å²) in [5.41, 5.74) is 0.0262. The molecule has 1 unspecified atom stereocenters. The molecule has 0 radical (unpaired) electrons. The normalized spacial score (nSPS) is 13.1. The van der Waals surface area contributed by atoms with Crippen molar-refractivity contribution in [1.82, 2.24) is 10.3 Å². The third-order valence-electron chi connectivity index (χ3n) is 2.81. The Labute approximate surface area is 107 Å². The molecule has 18 heavy (non-hydrogen) atoms. The molecule has 5 nitrogen and oxygen atoms in total. The van der Waals surface area contributed by atoms with Crippen molar-refractivity contribution in [3.63, 3.8) is 0 Å². The summed E-state index contributed by atoms with van der Waals surface area (Å²) < 4.78 is 0. The van der Waals surface area contributed by atoms with Gasteiger partial charge in [-0.1, -0.05) is 20.8 Å². The molecular weight excluding hydrogens is 232 g/mol. The summed E-state index contributed by atoms with van der Waals surface area (Å²) in [5.74, 6) is -0.505. The van der Waals surface area contributed by atoms with Gasteiger partial charge in [-0.05, 0) is 17.9 Å². The third kappa shape index (κ3) is 3.70. The van der Waals surface area contributed by atoms with Crippen molar-refractivity contribution in [2.45, 2.75) is 33.2 Å². The minimum absolute atomic E-state index is 0.00451. The fourth-order valence-corrected chi connectivity index (χ4v) is 1.66. The van der Waals surface area contributed by atoms with E-state index in [-0.39, 0.29) is 35.3 Å². The van der Waals surface area contributed by atoms with E-state index in [9.17, 15) is 9.90 Å². The molecule has 0 bridgehead atoms. The topological polar surface area (TPSA) is 82.5 Å². The van der Waals surface area contributed by atoms with Crippen molar-refractivity contribution in [1.29, 1.82) is 0 Å². The first-order chi connectivity index (χ1) is 8.36. The number of pyridine rings is 1. The van der Waals surface area contributed by atoms with Crippen LogP contribution in [0.5, 0.6) is 5.75 Å². The van der Waals surface area contributed by atoms with Gasteiger partial charge in [0.25, 0.3) is 5.91 Å². The van der Waals surface area contributed by atoms with E-state index in [1.807, 2.05) is 20.8 Å². The molecule has 0 fully saturated rings. The molecule has 1 atom stereocenters. The van der Waals surface area contributed by atoms with Gasteiger partial charge in [-0.15, -0.1) is 0 Å². The van der Waals surface area contributed by atoms with Gasteiger partial charge in [-0.3, -0.25) is 9.78 Å². The lowest BCUT2D eigenvalue weighted by atomic mass is 9.85. The zero-order valence-corrected chi connectivity index (χ0v) is 11.0. The average molecular weight is 252 g/mol. The van der Waals surface area contributed by atoms with Crippen molar-refractivity contribution in [3.8, 4) is 5.75 Å². The number of nitrogens with zero attached hydrogens (tertiary/aromatic N) is 1. The lowest BCUT2D eigenvalue weighted by Crippen LogP contribution is -2.44. The van der Waals surface area contributed by atoms with Gasteiger partial charge < -0.3 is 15.5 Å². The molecule has 0 saturated carbocycles. The molecule has 1 heterocycles. The second-order valence-corrected chi connectivity index (χ2v) is 5.30. The van der Waals surface area contributed by atoms with Crippen molar-refractivity contribution in [3.05, 3.63) is 24.0 Å². The Balaban J connectivity index is 2.82. The number of aromatic hydroxyl groups is 1. The van der Waals surface area contributed by atoms with Crippen LogP contribution in [0.4, 0.5) is 0 Å². The summed E-state index contributed by atoms with van der Waals surface area (Å²) in [7, 11) is 0. The molecule has 5 heteroatoms. The highest BCUT2D eigenvalue weighted by atomic mass is 16.3. The molecule has 1 aromatic rings. The number of rotatable bonds is 4. The number of nitrogens with one attached hydrogen (secondary N) is 1. The quantitative estimate of drug-likeness (QED) is 0.754. The van der Waals surface area contributed by atoms with Crippen LogP contribution in [0.3, 0.4) is 0 Å². The first-order valence-electron chi connectivity index (χ1n) is 5.91. The van der Waals surface area contributed by atoms with Crippen LogP contribution in [0.2, 0.25) is 0 Å². The Morgan fingerprint density at radius 3 is 2.67 bits per heavy atom. The van der Waals surface area contributed by atoms with Crippen LogP contribution in [0, 0.1) is 5.41 Å². The average Bonchev–Trinajstić information content (AvgIpc) is 2.27. The summed E-state index contributed by atoms with van der Waals surface area (Å²) in [5, 5.41) is 21.4. The molecule has 0 spiro atoms. The van der Waals surface area contributed by atoms with Gasteiger partial charge in [-0.25, -0.2) is 0 Å². The Morgan fingerprint density at radius 1 is 1.50 bits per heavy atom. The highest BCUT2D eigenvalue weighted by Crippen LogP contribution is 2.23. The Morgan fingerprint density at radius 2 is 2.17 bits per heavy atom. The maximum atomic E-state index is 12.0. The molecule has 0 saturated heterocycles. The molecular formula is C13H20N2O3. The summed E-state index contributed by atoms with van der Waals surface area (Å²) in [6.07, 6.45) is 3.15. The van der Waals surface area contributed by atoms with Gasteiger partial charge in [0.2, 0.25) is 0 Å². The molecule has 1 rings (SSSR count). The van der Waals surface area contributed by atoms with E-state index in [4.69, 9.17) is 5.11 Å². The smallest absolute Gasteiger partial charge is 0.255 e. The third-order valence-corrected chi connectivity index (χ3v) is 2.81. The lowest BCUT2D eigenvalue weighted by molar-refractivity contribution is 0.0882. The van der Waals surface area contributed by atoms with E-state index in [2.05, 4.69) is 10.3 Å². The Kier molecular flexibility index (Phi) is 4.67. The molecule has 0 aliphatic carbocycles. The zero-order chi connectivity index (χ0) is 13.8. The van der Waals surface area contributed by atoms with E-state index in [0.29, 0.717) is 6.42 Å². The van der Waals surface area contributed by atoms with E-state index in [1.165, 1.54) is 18.5 Å². The first-order valence-corrected chi connectivity index (χ1v) is 5.91. The van der Waals surface area contributed by atoms with Crippen molar-refractivity contribution in [2.75, 3.05) is 6.61 Å². The maximum Gasteiger partial charge on any atom is 0.255 e. The first kappa shape index (κ1) is 14.4. The second kappa shape index (κ2) is 5.82. The number of carbonyl (C=O) groups excluding carboxylic acids is 1. The van der Waals surface area contributed by atoms with Crippen LogP contribution in [0.1, 0.15) is 37.6 Å². The summed E-state index contributed by atoms with van der Waals surface area (Å²) in [6, 6.07) is 1.30. The van der Waals surface area contributed by atoms with Gasteiger partial charge in [0.05, 0.1) is 11.8 Å². The molecule has 0 aliphatic rings. The number of aromatic nitrogens is 1. The van der Waals surface area contributed by atoms with E-state index in [1.54, 1.807) is 0 Å². The van der Waals surface area contributed by atoms with Crippen LogP contribution in [0.25, 0.3) is 0 Å². The number of hydrogen-bond donors (Lipinski definition) is 3. The fourth-order valence-electron chi connectivity index (χ4n) is 1.66. The monoisotopic (exact) mass is 252 g/mol. The van der Waals surface area contributed by atoms with Gasteiger partial charge in [-0.2, -0.15) is 0 Å². The van der Waals surface area contributed by atoms with E-state index in [0.717, 1.165) is 0 Å². The number of aliphatic hydroxyl groups excluding tert-OH is 1. The van der Waals surface area contributed by atoms with Gasteiger partial charge >= 0.3 is 0 Å². The highest BCUT2D eigenvalue weighted by Gasteiger charge is 2.26. The fraction of sp³-hybridized carbons (Fsp3) is 0.538. The second-order valence-electron chi connectivity index (χ2n) is 5.30. The number of carbonyl (C=O) groups is 1. The molecule has 0 aliphatic heterocycles. The van der Waals surface area contributed by atoms with E-state index >= 15 is 0 Å². The number of hydrogen-bond acceptors (Lipinski definition) is 4. The minimum atomic E-state index is -0.358. The Hall–Kier alpha value is -1.62. The van der Waals surface area contributed by atoms with Crippen LogP contribution in [-0.4, -0.2) is 33.8 Å². The van der Waals surface area contributed by atoms with Crippen LogP contribution in [-0.2, 0) is 0 Å². The van der Waals surface area contributed by atoms with E-state index < -0.39 is 0 Å². The predicted octanol–water partition coefficient (Wildman–Crippen LogP) is 1.31. The highest BCUT2D eigenvalue weighted by molar-refractivity contribution is 5.96.